The molecule has 1 aliphatic heterocycles. The summed E-state index contributed by atoms with van der Waals surface area (Å²) in [6.45, 7) is 0.517. The smallest absolute Gasteiger partial charge is 0.289 e. The van der Waals surface area contributed by atoms with Crippen molar-refractivity contribution in [1.29, 1.82) is 0 Å². The molecule has 4 N–H and O–H groups in total. The molecule has 42 heavy (non-hydrogen) atoms. The van der Waals surface area contributed by atoms with E-state index in [0.717, 1.165) is 50.2 Å². The number of nitro benzene ring substituents is 1. The zero-order valence-corrected chi connectivity index (χ0v) is 24.9. The summed E-state index contributed by atoms with van der Waals surface area (Å²) >= 11 is 5.89. The molecule has 0 unspecified atom stereocenters. The van der Waals surface area contributed by atoms with Gasteiger partial charge in [0.15, 0.2) is 17.0 Å². The van der Waals surface area contributed by atoms with Crippen molar-refractivity contribution >= 4 is 50.2 Å². The predicted molar refractivity (Wildman–Crippen MR) is 160 cm³/mol. The highest BCUT2D eigenvalue weighted by molar-refractivity contribution is 7.89. The van der Waals surface area contributed by atoms with E-state index in [1.165, 1.54) is 29.3 Å². The molecule has 3 aliphatic rings. The number of anilines is 2. The molecule has 0 spiro atoms. The lowest BCUT2D eigenvalue weighted by Crippen LogP contribution is -2.42. The second-order valence-electron chi connectivity index (χ2n) is 11.6. The SMILES string of the molecule is NC1CCC(Nc2nc(NC3CCN(S(=O)(=O)c4ccc(Cl)c([N+](=O)[O-])c4)CC3)c3ncn(C4CCCC4)c3n2)CC1. The molecular formula is C27H36ClN9O4S. The van der Waals surface area contributed by atoms with Crippen LogP contribution in [-0.2, 0) is 10.0 Å². The number of piperidine rings is 1. The molecule has 3 fully saturated rings. The number of fused-ring (bicyclic) bond motifs is 1. The molecule has 2 saturated carbocycles. The van der Waals surface area contributed by atoms with Gasteiger partial charge in [-0.1, -0.05) is 24.4 Å². The lowest BCUT2D eigenvalue weighted by atomic mass is 9.92. The highest BCUT2D eigenvalue weighted by atomic mass is 35.5. The van der Waals surface area contributed by atoms with Crippen LogP contribution in [0.1, 0.15) is 70.3 Å². The minimum absolute atomic E-state index is 0.0359. The number of hydrogen-bond acceptors (Lipinski definition) is 10. The molecule has 6 rings (SSSR count). The number of nitrogens with zero attached hydrogens (tertiary/aromatic N) is 6. The first-order chi connectivity index (χ1) is 20.2. The van der Waals surface area contributed by atoms with Crippen molar-refractivity contribution in [2.24, 2.45) is 5.73 Å². The van der Waals surface area contributed by atoms with Crippen molar-refractivity contribution < 1.29 is 13.3 Å². The third-order valence-corrected chi connectivity index (χ3v) is 11.0. The highest BCUT2D eigenvalue weighted by Crippen LogP contribution is 2.34. The Balaban J connectivity index is 1.20. The Kier molecular flexibility index (Phi) is 8.22. The molecule has 0 bridgehead atoms. The minimum Gasteiger partial charge on any atom is -0.365 e. The average molecular weight is 618 g/mol. The maximum absolute atomic E-state index is 13.3. The minimum atomic E-state index is -3.92. The molecule has 3 heterocycles. The summed E-state index contributed by atoms with van der Waals surface area (Å²) < 4.78 is 30.1. The molecule has 15 heteroatoms. The van der Waals surface area contributed by atoms with Gasteiger partial charge in [0.2, 0.25) is 16.0 Å². The van der Waals surface area contributed by atoms with Gasteiger partial charge in [0.05, 0.1) is 16.1 Å². The van der Waals surface area contributed by atoms with E-state index in [0.29, 0.717) is 36.2 Å². The quantitative estimate of drug-likeness (QED) is 0.242. The fraction of sp³-hybridized carbons (Fsp3) is 0.593. The van der Waals surface area contributed by atoms with Crippen LogP contribution in [-0.4, -0.2) is 68.4 Å². The molecule has 1 saturated heterocycles. The second kappa shape index (κ2) is 11.9. The third kappa shape index (κ3) is 5.90. The highest BCUT2D eigenvalue weighted by Gasteiger charge is 2.32. The molecular weight excluding hydrogens is 582 g/mol. The van der Waals surface area contributed by atoms with Crippen molar-refractivity contribution in [3.8, 4) is 0 Å². The zero-order chi connectivity index (χ0) is 29.4. The first-order valence-electron chi connectivity index (χ1n) is 14.7. The van der Waals surface area contributed by atoms with Crippen molar-refractivity contribution in [3.63, 3.8) is 0 Å². The Labute approximate surface area is 249 Å². The number of benzene rings is 1. The number of nitro groups is 1. The number of halogens is 1. The monoisotopic (exact) mass is 617 g/mol. The van der Waals surface area contributed by atoms with Crippen LogP contribution in [0.15, 0.2) is 29.4 Å². The molecule has 0 atom stereocenters. The summed E-state index contributed by atoms with van der Waals surface area (Å²) in [5, 5.41) is 18.3. The van der Waals surface area contributed by atoms with Crippen LogP contribution >= 0.6 is 11.6 Å². The number of aromatic nitrogens is 4. The summed E-state index contributed by atoms with van der Waals surface area (Å²) in [5.41, 5.74) is 7.19. The van der Waals surface area contributed by atoms with E-state index in [9.17, 15) is 18.5 Å². The number of nitrogens with two attached hydrogens (primary N) is 1. The van der Waals surface area contributed by atoms with E-state index >= 15 is 0 Å². The van der Waals surface area contributed by atoms with Crippen LogP contribution < -0.4 is 16.4 Å². The van der Waals surface area contributed by atoms with Crippen LogP contribution in [0.4, 0.5) is 17.5 Å². The van der Waals surface area contributed by atoms with E-state index < -0.39 is 20.6 Å². The molecule has 3 aromatic rings. The summed E-state index contributed by atoms with van der Waals surface area (Å²) in [5.74, 6) is 1.20. The molecule has 226 valence electrons. The summed E-state index contributed by atoms with van der Waals surface area (Å²) in [6, 6.07) is 4.42. The van der Waals surface area contributed by atoms with Crippen LogP contribution in [0.2, 0.25) is 5.02 Å². The third-order valence-electron chi connectivity index (χ3n) is 8.79. The van der Waals surface area contributed by atoms with Crippen LogP contribution in [0.5, 0.6) is 0 Å². The van der Waals surface area contributed by atoms with Crippen molar-refractivity contribution in [1.82, 2.24) is 23.8 Å². The molecule has 2 aliphatic carbocycles. The number of imidazole rings is 1. The Morgan fingerprint density at radius 2 is 1.67 bits per heavy atom. The van der Waals surface area contributed by atoms with E-state index in [1.807, 2.05) is 6.33 Å². The topological polar surface area (TPSA) is 174 Å². The van der Waals surface area contributed by atoms with Gasteiger partial charge in [0.1, 0.15) is 5.02 Å². The van der Waals surface area contributed by atoms with Crippen molar-refractivity contribution in [2.75, 3.05) is 23.7 Å². The first-order valence-corrected chi connectivity index (χ1v) is 16.5. The molecule has 2 aromatic heterocycles. The van der Waals surface area contributed by atoms with E-state index in [-0.39, 0.29) is 41.1 Å². The summed E-state index contributed by atoms with van der Waals surface area (Å²) in [7, 11) is -3.92. The number of hydrogen-bond donors (Lipinski definition) is 3. The summed E-state index contributed by atoms with van der Waals surface area (Å²) in [6.07, 6.45) is 11.4. The lowest BCUT2D eigenvalue weighted by molar-refractivity contribution is -0.384. The van der Waals surface area contributed by atoms with E-state index in [2.05, 4.69) is 15.2 Å². The van der Waals surface area contributed by atoms with Crippen LogP contribution in [0.25, 0.3) is 11.2 Å². The average Bonchev–Trinajstić information content (AvgIpc) is 3.65. The maximum Gasteiger partial charge on any atom is 0.289 e. The summed E-state index contributed by atoms with van der Waals surface area (Å²) in [4.78, 5) is 24.9. The van der Waals surface area contributed by atoms with Gasteiger partial charge < -0.3 is 20.9 Å². The maximum atomic E-state index is 13.3. The van der Waals surface area contributed by atoms with Gasteiger partial charge in [-0.25, -0.2) is 13.4 Å². The molecule has 0 amide bonds. The van der Waals surface area contributed by atoms with Gasteiger partial charge in [-0.3, -0.25) is 10.1 Å². The first kappa shape index (κ1) is 29.0. The van der Waals surface area contributed by atoms with Gasteiger partial charge >= 0.3 is 0 Å². The number of nitrogens with one attached hydrogen (secondary N) is 2. The van der Waals surface area contributed by atoms with Crippen molar-refractivity contribution in [2.45, 2.75) is 93.3 Å². The largest absolute Gasteiger partial charge is 0.365 e. The van der Waals surface area contributed by atoms with Gasteiger partial charge in [-0.05, 0) is 63.5 Å². The Morgan fingerprint density at radius 1 is 0.976 bits per heavy atom. The second-order valence-corrected chi connectivity index (χ2v) is 14.0. The molecule has 13 nitrogen and oxygen atoms in total. The standard InChI is InChI=1S/C27H36ClN9O4S/c28-22-10-9-21(15-23(22)37(38)39)42(40,41)35-13-11-19(12-14-35)31-25-24-26(36(16-30-24)20-3-1-2-4-20)34-27(33-25)32-18-7-5-17(29)6-8-18/h9-10,15-20H,1-8,11-14,29H2,(H2,31,32,33,34). The Hall–Kier alpha value is -3.07. The predicted octanol–water partition coefficient (Wildman–Crippen LogP) is 4.45. The fourth-order valence-corrected chi connectivity index (χ4v) is 8.03. The zero-order valence-electron chi connectivity index (χ0n) is 23.3. The van der Waals surface area contributed by atoms with Gasteiger partial charge in [0.25, 0.3) is 5.69 Å². The Bertz CT molecular complexity index is 1560. The number of rotatable bonds is 8. The lowest BCUT2D eigenvalue weighted by Gasteiger charge is -2.32. The molecule has 1 aromatic carbocycles. The normalized spacial score (nSPS) is 22.9. The molecule has 0 radical (unpaired) electrons. The van der Waals surface area contributed by atoms with Crippen molar-refractivity contribution in [3.05, 3.63) is 39.7 Å². The van der Waals surface area contributed by atoms with E-state index in [1.54, 1.807) is 0 Å². The fourth-order valence-electron chi connectivity index (χ4n) is 6.35. The Morgan fingerprint density at radius 3 is 2.36 bits per heavy atom. The van der Waals surface area contributed by atoms with Crippen LogP contribution in [0, 0.1) is 10.1 Å². The van der Waals surface area contributed by atoms with Gasteiger partial charge in [-0.15, -0.1) is 0 Å². The van der Waals surface area contributed by atoms with E-state index in [4.69, 9.17) is 32.3 Å². The van der Waals surface area contributed by atoms with Gasteiger partial charge in [-0.2, -0.15) is 14.3 Å². The number of sulfonamides is 1. The van der Waals surface area contributed by atoms with Gasteiger partial charge in [0, 0.05) is 43.3 Å². The van der Waals surface area contributed by atoms with Crippen LogP contribution in [0.3, 0.4) is 0 Å².